The number of carbonyl (C=O) groups is 2. The Morgan fingerprint density at radius 2 is 1.65 bits per heavy atom. The topological polar surface area (TPSA) is 40.6 Å². The fourth-order valence-corrected chi connectivity index (χ4v) is 3.50. The van der Waals surface area contributed by atoms with Crippen LogP contribution >= 0.6 is 11.3 Å². The minimum absolute atomic E-state index is 0.0809. The van der Waals surface area contributed by atoms with Crippen LogP contribution in [0.15, 0.2) is 47.8 Å². The van der Waals surface area contributed by atoms with Crippen molar-refractivity contribution in [1.82, 2.24) is 9.80 Å². The Morgan fingerprint density at radius 3 is 2.39 bits per heavy atom. The number of carbonyl (C=O) groups excluding carboxylic acids is 2. The molecule has 0 atom stereocenters. The molecule has 3 rings (SSSR count). The first-order chi connectivity index (χ1) is 11.2. The summed E-state index contributed by atoms with van der Waals surface area (Å²) in [4.78, 5) is 29.4. The van der Waals surface area contributed by atoms with Gasteiger partial charge < -0.3 is 9.80 Å². The first kappa shape index (κ1) is 15.7. The van der Waals surface area contributed by atoms with Gasteiger partial charge in [0.2, 0.25) is 5.91 Å². The largest absolute Gasteiger partial charge is 0.341 e. The molecule has 4 nitrogen and oxygen atoms in total. The normalized spacial score (nSPS) is 15.3. The third kappa shape index (κ3) is 3.99. The second-order valence-corrected chi connectivity index (χ2v) is 6.61. The molecule has 0 saturated carbocycles. The summed E-state index contributed by atoms with van der Waals surface area (Å²) >= 11 is 1.47. The van der Waals surface area contributed by atoms with E-state index in [9.17, 15) is 9.59 Å². The number of hydrogen-bond acceptors (Lipinski definition) is 3. The monoisotopic (exact) mass is 328 g/mol. The molecule has 0 N–H and O–H groups in total. The molecule has 1 aliphatic rings. The standard InChI is InChI=1S/C18H20N2O2S/c21-17(14-15-6-2-1-3-7-15)19-9-5-10-20(12-11-19)18(22)16-8-4-13-23-16/h1-4,6-8,13H,5,9-12,14H2. The third-order valence-corrected chi connectivity index (χ3v) is 4.92. The van der Waals surface area contributed by atoms with Gasteiger partial charge in [0.15, 0.2) is 0 Å². The maximum atomic E-state index is 12.5. The zero-order valence-corrected chi connectivity index (χ0v) is 13.8. The Bertz CT molecular complexity index is 655. The second-order valence-electron chi connectivity index (χ2n) is 5.67. The van der Waals surface area contributed by atoms with E-state index in [0.717, 1.165) is 23.4 Å². The molecule has 0 unspecified atom stereocenters. The minimum atomic E-state index is 0.0809. The Morgan fingerprint density at radius 1 is 0.913 bits per heavy atom. The summed E-state index contributed by atoms with van der Waals surface area (Å²) in [6.45, 7) is 2.66. The average molecular weight is 328 g/mol. The van der Waals surface area contributed by atoms with E-state index in [4.69, 9.17) is 0 Å². The molecule has 2 heterocycles. The first-order valence-corrected chi connectivity index (χ1v) is 8.76. The number of rotatable bonds is 3. The molecule has 0 aliphatic carbocycles. The van der Waals surface area contributed by atoms with Crippen molar-refractivity contribution >= 4 is 23.2 Å². The van der Waals surface area contributed by atoms with Crippen LogP contribution in [0, 0.1) is 0 Å². The SMILES string of the molecule is O=C(Cc1ccccc1)N1CCCN(C(=O)c2cccs2)CC1. The van der Waals surface area contributed by atoms with E-state index in [1.807, 2.05) is 57.6 Å². The third-order valence-electron chi connectivity index (χ3n) is 4.07. The van der Waals surface area contributed by atoms with E-state index in [0.29, 0.717) is 26.1 Å². The summed E-state index contributed by atoms with van der Waals surface area (Å²) in [6.07, 6.45) is 1.26. The van der Waals surface area contributed by atoms with Crippen LogP contribution in [0.5, 0.6) is 0 Å². The van der Waals surface area contributed by atoms with Crippen molar-refractivity contribution in [2.75, 3.05) is 26.2 Å². The van der Waals surface area contributed by atoms with Crippen molar-refractivity contribution in [2.24, 2.45) is 0 Å². The van der Waals surface area contributed by atoms with E-state index >= 15 is 0 Å². The molecule has 23 heavy (non-hydrogen) atoms. The Kier molecular flexibility index (Phi) is 5.08. The maximum Gasteiger partial charge on any atom is 0.263 e. The second kappa shape index (κ2) is 7.42. The van der Waals surface area contributed by atoms with Crippen molar-refractivity contribution in [3.63, 3.8) is 0 Å². The molecule has 120 valence electrons. The minimum Gasteiger partial charge on any atom is -0.341 e. The van der Waals surface area contributed by atoms with Crippen LogP contribution in [0.2, 0.25) is 0 Å². The first-order valence-electron chi connectivity index (χ1n) is 7.88. The van der Waals surface area contributed by atoms with Crippen LogP contribution in [0.1, 0.15) is 21.7 Å². The highest BCUT2D eigenvalue weighted by Gasteiger charge is 2.23. The predicted octanol–water partition coefficient (Wildman–Crippen LogP) is 2.67. The lowest BCUT2D eigenvalue weighted by Gasteiger charge is -2.22. The van der Waals surface area contributed by atoms with E-state index in [1.165, 1.54) is 11.3 Å². The highest BCUT2D eigenvalue weighted by atomic mass is 32.1. The number of nitrogens with zero attached hydrogens (tertiary/aromatic N) is 2. The van der Waals surface area contributed by atoms with Gasteiger partial charge in [0, 0.05) is 26.2 Å². The van der Waals surface area contributed by atoms with Crippen LogP contribution in [0.4, 0.5) is 0 Å². The molecule has 1 aromatic heterocycles. The van der Waals surface area contributed by atoms with Crippen molar-refractivity contribution in [3.05, 3.63) is 58.3 Å². The van der Waals surface area contributed by atoms with Crippen LogP contribution in [-0.2, 0) is 11.2 Å². The number of benzene rings is 1. The molecule has 0 spiro atoms. The van der Waals surface area contributed by atoms with Crippen LogP contribution in [-0.4, -0.2) is 47.8 Å². The molecular formula is C18H20N2O2S. The summed E-state index contributed by atoms with van der Waals surface area (Å²) in [5.74, 6) is 0.221. The van der Waals surface area contributed by atoms with Gasteiger partial charge in [-0.3, -0.25) is 9.59 Å². The summed E-state index contributed by atoms with van der Waals surface area (Å²) in [5, 5.41) is 1.92. The average Bonchev–Trinajstić information content (AvgIpc) is 2.99. The molecule has 2 amide bonds. The van der Waals surface area contributed by atoms with Crippen LogP contribution < -0.4 is 0 Å². The lowest BCUT2D eigenvalue weighted by Crippen LogP contribution is -2.37. The van der Waals surface area contributed by atoms with Gasteiger partial charge in [0.1, 0.15) is 0 Å². The van der Waals surface area contributed by atoms with Crippen molar-refractivity contribution in [1.29, 1.82) is 0 Å². The number of thiophene rings is 1. The molecule has 1 fully saturated rings. The van der Waals surface area contributed by atoms with Crippen molar-refractivity contribution in [3.8, 4) is 0 Å². The van der Waals surface area contributed by atoms with Gasteiger partial charge in [-0.1, -0.05) is 36.4 Å². The van der Waals surface area contributed by atoms with Crippen LogP contribution in [0.25, 0.3) is 0 Å². The molecule has 2 aromatic rings. The lowest BCUT2D eigenvalue weighted by molar-refractivity contribution is -0.130. The summed E-state index contributed by atoms with van der Waals surface area (Å²) in [5.41, 5.74) is 1.04. The fourth-order valence-electron chi connectivity index (χ4n) is 2.81. The van der Waals surface area contributed by atoms with Gasteiger partial charge >= 0.3 is 0 Å². The zero-order chi connectivity index (χ0) is 16.1. The van der Waals surface area contributed by atoms with Crippen molar-refractivity contribution in [2.45, 2.75) is 12.8 Å². The Labute approximate surface area is 140 Å². The maximum absolute atomic E-state index is 12.5. The smallest absolute Gasteiger partial charge is 0.263 e. The predicted molar refractivity (Wildman–Crippen MR) is 91.6 cm³/mol. The molecule has 0 bridgehead atoms. The summed E-state index contributed by atoms with van der Waals surface area (Å²) in [7, 11) is 0. The molecule has 1 aromatic carbocycles. The zero-order valence-electron chi connectivity index (χ0n) is 13.0. The van der Waals surface area contributed by atoms with Gasteiger partial charge in [-0.25, -0.2) is 0 Å². The molecule has 1 aliphatic heterocycles. The van der Waals surface area contributed by atoms with E-state index < -0.39 is 0 Å². The quantitative estimate of drug-likeness (QED) is 0.869. The van der Waals surface area contributed by atoms with E-state index in [-0.39, 0.29) is 11.8 Å². The number of hydrogen-bond donors (Lipinski definition) is 0. The highest BCUT2D eigenvalue weighted by Crippen LogP contribution is 2.14. The number of amides is 2. The van der Waals surface area contributed by atoms with E-state index in [1.54, 1.807) is 0 Å². The van der Waals surface area contributed by atoms with Crippen molar-refractivity contribution < 1.29 is 9.59 Å². The van der Waals surface area contributed by atoms with Gasteiger partial charge in [-0.05, 0) is 23.4 Å². The lowest BCUT2D eigenvalue weighted by atomic mass is 10.1. The van der Waals surface area contributed by atoms with Gasteiger partial charge in [0.25, 0.3) is 5.91 Å². The molecule has 1 saturated heterocycles. The fraction of sp³-hybridized carbons (Fsp3) is 0.333. The summed E-state index contributed by atoms with van der Waals surface area (Å²) < 4.78 is 0. The Balaban J connectivity index is 1.58. The van der Waals surface area contributed by atoms with Gasteiger partial charge in [-0.15, -0.1) is 11.3 Å². The highest BCUT2D eigenvalue weighted by molar-refractivity contribution is 7.12. The van der Waals surface area contributed by atoms with Gasteiger partial charge in [-0.2, -0.15) is 0 Å². The molecule has 0 radical (unpaired) electrons. The van der Waals surface area contributed by atoms with Crippen LogP contribution in [0.3, 0.4) is 0 Å². The molecule has 5 heteroatoms. The molecular weight excluding hydrogens is 308 g/mol. The Hall–Kier alpha value is -2.14. The van der Waals surface area contributed by atoms with E-state index in [2.05, 4.69) is 0 Å². The summed E-state index contributed by atoms with van der Waals surface area (Å²) in [6, 6.07) is 13.6. The van der Waals surface area contributed by atoms with Gasteiger partial charge in [0.05, 0.1) is 11.3 Å².